The van der Waals surface area contributed by atoms with Crippen LogP contribution >= 0.6 is 0 Å². The Hall–Kier alpha value is -1.62. The number of rotatable bonds is 2. The number of amides is 2. The first kappa shape index (κ1) is 12.4. The molecular weight excluding hydrogens is 245 g/mol. The lowest BCUT2D eigenvalue weighted by molar-refractivity contribution is -0.0181. The van der Waals surface area contributed by atoms with E-state index in [0.717, 1.165) is 18.4 Å². The van der Waals surface area contributed by atoms with Crippen molar-refractivity contribution in [2.45, 2.75) is 23.9 Å². The van der Waals surface area contributed by atoms with Crippen molar-refractivity contribution in [1.29, 1.82) is 0 Å². The van der Waals surface area contributed by atoms with Crippen molar-refractivity contribution in [1.82, 2.24) is 15.5 Å². The Morgan fingerprint density at radius 1 is 1.32 bits per heavy atom. The molecule has 4 nitrogen and oxygen atoms in total. The number of carbonyl (C=O) groups excluding carboxylic acids is 1. The van der Waals surface area contributed by atoms with Crippen LogP contribution in [0.25, 0.3) is 0 Å². The first-order valence-electron chi connectivity index (χ1n) is 6.45. The molecule has 1 heterocycles. The number of benzene rings is 1. The van der Waals surface area contributed by atoms with E-state index < -0.39 is 0 Å². The second-order valence-corrected chi connectivity index (χ2v) is 5.88. The van der Waals surface area contributed by atoms with E-state index in [-0.39, 0.29) is 22.9 Å². The van der Waals surface area contributed by atoms with Gasteiger partial charge in [0.15, 0.2) is 0 Å². The monoisotopic (exact) mass is 263 g/mol. The lowest BCUT2D eigenvalue weighted by Crippen LogP contribution is -2.66. The van der Waals surface area contributed by atoms with Gasteiger partial charge in [-0.3, -0.25) is 4.90 Å². The van der Waals surface area contributed by atoms with Crippen molar-refractivity contribution in [3.8, 4) is 0 Å². The standard InChI is InChI=1S/C14H18FN3O/c1-18(2)14(10-4-3-5-11(15)6-10)7-13(8-14)9-16-12(19)17-13/h3-6H,7-9H2,1-2H3,(H2,16,17,19)/t13-,14-. The fraction of sp³-hybridized carbons (Fsp3) is 0.500. The van der Waals surface area contributed by atoms with Crippen LogP contribution in [-0.2, 0) is 5.54 Å². The van der Waals surface area contributed by atoms with Crippen LogP contribution < -0.4 is 10.6 Å². The van der Waals surface area contributed by atoms with E-state index in [9.17, 15) is 9.18 Å². The van der Waals surface area contributed by atoms with E-state index in [4.69, 9.17) is 0 Å². The van der Waals surface area contributed by atoms with Gasteiger partial charge in [0.25, 0.3) is 0 Å². The molecule has 1 spiro atoms. The van der Waals surface area contributed by atoms with Crippen molar-refractivity contribution in [2.24, 2.45) is 0 Å². The first-order chi connectivity index (χ1) is 8.96. The van der Waals surface area contributed by atoms with Crippen LogP contribution in [0.5, 0.6) is 0 Å². The molecular formula is C14H18FN3O. The van der Waals surface area contributed by atoms with Gasteiger partial charge < -0.3 is 10.6 Å². The summed E-state index contributed by atoms with van der Waals surface area (Å²) in [6, 6.07) is 6.65. The smallest absolute Gasteiger partial charge is 0.315 e. The van der Waals surface area contributed by atoms with Crippen molar-refractivity contribution in [2.75, 3.05) is 20.6 Å². The zero-order chi connectivity index (χ0) is 13.7. The van der Waals surface area contributed by atoms with Gasteiger partial charge in [-0.15, -0.1) is 0 Å². The number of hydrogen-bond acceptors (Lipinski definition) is 2. The van der Waals surface area contributed by atoms with Crippen LogP contribution in [0.4, 0.5) is 9.18 Å². The van der Waals surface area contributed by atoms with Crippen molar-refractivity contribution >= 4 is 6.03 Å². The summed E-state index contributed by atoms with van der Waals surface area (Å²) < 4.78 is 13.5. The molecule has 1 aliphatic heterocycles. The first-order valence-corrected chi connectivity index (χ1v) is 6.45. The zero-order valence-corrected chi connectivity index (χ0v) is 11.2. The van der Waals surface area contributed by atoms with E-state index in [1.807, 2.05) is 20.2 Å². The van der Waals surface area contributed by atoms with Gasteiger partial charge in [0.05, 0.1) is 11.1 Å². The molecule has 0 unspecified atom stereocenters. The maximum atomic E-state index is 13.5. The lowest BCUT2D eigenvalue weighted by atomic mass is 9.59. The highest BCUT2D eigenvalue weighted by atomic mass is 19.1. The van der Waals surface area contributed by atoms with Crippen LogP contribution in [0, 0.1) is 5.82 Å². The van der Waals surface area contributed by atoms with Gasteiger partial charge in [0.2, 0.25) is 0 Å². The number of halogens is 1. The Kier molecular flexibility index (Phi) is 2.57. The molecule has 2 fully saturated rings. The van der Waals surface area contributed by atoms with E-state index >= 15 is 0 Å². The molecule has 2 aliphatic rings. The molecule has 0 radical (unpaired) electrons. The summed E-state index contributed by atoms with van der Waals surface area (Å²) in [5.74, 6) is -0.215. The van der Waals surface area contributed by atoms with E-state index in [1.165, 1.54) is 6.07 Å². The van der Waals surface area contributed by atoms with Crippen LogP contribution in [0.1, 0.15) is 18.4 Å². The molecule has 1 saturated heterocycles. The SMILES string of the molecule is CN(C)[C@]1(c2cccc(F)c2)C[C@]2(CNC(=O)N2)C1. The summed E-state index contributed by atoms with van der Waals surface area (Å²) in [5, 5.41) is 5.80. The third-order valence-electron chi connectivity index (χ3n) is 4.45. The summed E-state index contributed by atoms with van der Waals surface area (Å²) in [4.78, 5) is 13.4. The number of carbonyl (C=O) groups is 1. The summed E-state index contributed by atoms with van der Waals surface area (Å²) in [7, 11) is 4.00. The van der Waals surface area contributed by atoms with Crippen molar-refractivity contribution in [3.05, 3.63) is 35.6 Å². The molecule has 1 aliphatic carbocycles. The molecule has 3 rings (SSSR count). The summed E-state index contributed by atoms with van der Waals surface area (Å²) in [6.45, 7) is 0.650. The van der Waals surface area contributed by atoms with Gasteiger partial charge in [-0.1, -0.05) is 12.1 Å². The normalized spacial score (nSPS) is 33.2. The van der Waals surface area contributed by atoms with Gasteiger partial charge in [-0.2, -0.15) is 0 Å². The van der Waals surface area contributed by atoms with E-state index in [1.54, 1.807) is 12.1 Å². The predicted octanol–water partition coefficient (Wildman–Crippen LogP) is 1.43. The lowest BCUT2D eigenvalue weighted by Gasteiger charge is -2.57. The molecule has 1 aromatic carbocycles. The maximum Gasteiger partial charge on any atom is 0.315 e. The predicted molar refractivity (Wildman–Crippen MR) is 70.3 cm³/mol. The van der Waals surface area contributed by atoms with Crippen LogP contribution in [0.15, 0.2) is 24.3 Å². The van der Waals surface area contributed by atoms with Crippen LogP contribution in [0.2, 0.25) is 0 Å². The Labute approximate surface area is 112 Å². The highest BCUT2D eigenvalue weighted by molar-refractivity contribution is 5.78. The van der Waals surface area contributed by atoms with E-state index in [0.29, 0.717) is 6.54 Å². The Morgan fingerprint density at radius 3 is 2.58 bits per heavy atom. The van der Waals surface area contributed by atoms with Gasteiger partial charge >= 0.3 is 6.03 Å². The second kappa shape index (κ2) is 3.93. The molecule has 0 aromatic heterocycles. The Bertz CT molecular complexity index is 523. The number of hydrogen-bond donors (Lipinski definition) is 2. The summed E-state index contributed by atoms with van der Waals surface area (Å²) >= 11 is 0. The molecule has 1 aromatic rings. The number of nitrogens with one attached hydrogen (secondary N) is 2. The van der Waals surface area contributed by atoms with Crippen molar-refractivity contribution in [3.63, 3.8) is 0 Å². The number of nitrogens with zero attached hydrogens (tertiary/aromatic N) is 1. The van der Waals surface area contributed by atoms with Crippen LogP contribution in [0.3, 0.4) is 0 Å². The minimum Gasteiger partial charge on any atom is -0.336 e. The molecule has 2 N–H and O–H groups in total. The Balaban J connectivity index is 1.90. The van der Waals surface area contributed by atoms with Gasteiger partial charge in [-0.05, 0) is 44.6 Å². The molecule has 2 amide bonds. The Morgan fingerprint density at radius 2 is 2.05 bits per heavy atom. The minimum absolute atomic E-state index is 0.105. The zero-order valence-electron chi connectivity index (χ0n) is 11.2. The fourth-order valence-corrected chi connectivity index (χ4v) is 3.42. The number of urea groups is 1. The molecule has 1 saturated carbocycles. The summed E-state index contributed by atoms with van der Waals surface area (Å²) in [5.41, 5.74) is 0.610. The largest absolute Gasteiger partial charge is 0.336 e. The molecule has 102 valence electrons. The van der Waals surface area contributed by atoms with E-state index in [2.05, 4.69) is 15.5 Å². The molecule has 0 bridgehead atoms. The highest BCUT2D eigenvalue weighted by Crippen LogP contribution is 2.52. The van der Waals surface area contributed by atoms with Gasteiger partial charge in [0.1, 0.15) is 5.82 Å². The average Bonchev–Trinajstić information content (AvgIpc) is 2.68. The third kappa shape index (κ3) is 1.80. The average molecular weight is 263 g/mol. The maximum absolute atomic E-state index is 13.5. The van der Waals surface area contributed by atoms with Crippen molar-refractivity contribution < 1.29 is 9.18 Å². The fourth-order valence-electron chi connectivity index (χ4n) is 3.42. The topological polar surface area (TPSA) is 44.4 Å². The summed E-state index contributed by atoms with van der Waals surface area (Å²) in [6.07, 6.45) is 1.60. The molecule has 19 heavy (non-hydrogen) atoms. The second-order valence-electron chi connectivity index (χ2n) is 5.88. The van der Waals surface area contributed by atoms with Gasteiger partial charge in [0, 0.05) is 6.54 Å². The molecule has 0 atom stereocenters. The van der Waals surface area contributed by atoms with Crippen LogP contribution in [-0.4, -0.2) is 37.1 Å². The van der Waals surface area contributed by atoms with Gasteiger partial charge in [-0.25, -0.2) is 9.18 Å². The quantitative estimate of drug-likeness (QED) is 0.847. The minimum atomic E-state index is -0.215. The highest BCUT2D eigenvalue weighted by Gasteiger charge is 2.59. The molecule has 5 heteroatoms. The third-order valence-corrected chi connectivity index (χ3v) is 4.45.